The highest BCUT2D eigenvalue weighted by molar-refractivity contribution is 5.91. The zero-order valence-electron chi connectivity index (χ0n) is 10.3. The molecule has 0 saturated carbocycles. The van der Waals surface area contributed by atoms with Crippen LogP contribution >= 0.6 is 0 Å². The maximum Gasteiger partial charge on any atom is 0.339 e. The molecule has 0 aliphatic heterocycles. The van der Waals surface area contributed by atoms with Gasteiger partial charge in [0.25, 0.3) is 0 Å². The van der Waals surface area contributed by atoms with Crippen molar-refractivity contribution in [3.05, 3.63) is 23.0 Å². The minimum absolute atomic E-state index is 0.171. The molecular formula is C12H15NO5. The quantitative estimate of drug-likeness (QED) is 0.767. The van der Waals surface area contributed by atoms with Crippen LogP contribution in [0.1, 0.15) is 34.6 Å². The van der Waals surface area contributed by atoms with Gasteiger partial charge in [0.05, 0.1) is 12.8 Å². The molecule has 18 heavy (non-hydrogen) atoms. The molecule has 1 rings (SSSR count). The summed E-state index contributed by atoms with van der Waals surface area (Å²) in [6.45, 7) is 1.53. The molecule has 98 valence electrons. The normalized spacial score (nSPS) is 10.1. The lowest BCUT2D eigenvalue weighted by Crippen LogP contribution is -2.05. The van der Waals surface area contributed by atoms with E-state index in [1.54, 1.807) is 0 Å². The van der Waals surface area contributed by atoms with Crippen LogP contribution < -0.4 is 0 Å². The Morgan fingerprint density at radius 1 is 1.44 bits per heavy atom. The van der Waals surface area contributed by atoms with E-state index in [0.717, 1.165) is 0 Å². The number of aromatic hydroxyl groups is 1. The van der Waals surface area contributed by atoms with Gasteiger partial charge in [0.15, 0.2) is 5.75 Å². The number of carboxylic acid groups (broad SMARTS) is 1. The minimum atomic E-state index is -1.20. The molecule has 0 aliphatic rings. The van der Waals surface area contributed by atoms with E-state index < -0.39 is 5.97 Å². The third kappa shape index (κ3) is 3.44. The monoisotopic (exact) mass is 253 g/mol. The molecule has 1 aromatic heterocycles. The van der Waals surface area contributed by atoms with E-state index in [1.807, 2.05) is 0 Å². The maximum absolute atomic E-state index is 10.9. The van der Waals surface area contributed by atoms with Gasteiger partial charge in [-0.1, -0.05) is 0 Å². The number of aryl methyl sites for hydroxylation is 2. The zero-order valence-corrected chi connectivity index (χ0v) is 10.3. The van der Waals surface area contributed by atoms with E-state index in [2.05, 4.69) is 9.72 Å². The fraction of sp³-hybridized carbons (Fsp3) is 0.417. The number of carbonyl (C=O) groups is 2. The average Bonchev–Trinajstić information content (AvgIpc) is 2.32. The summed E-state index contributed by atoms with van der Waals surface area (Å²) < 4.78 is 4.50. The summed E-state index contributed by atoms with van der Waals surface area (Å²) in [4.78, 5) is 25.9. The van der Waals surface area contributed by atoms with Gasteiger partial charge in [0, 0.05) is 12.1 Å². The standard InChI is InChI=1S/C12H15NO5/c1-7-11(15)9(12(16)17)6-8(13-7)4-3-5-10(14)18-2/h6,15H,3-5H2,1-2H3,(H,16,17). The van der Waals surface area contributed by atoms with E-state index in [0.29, 0.717) is 18.5 Å². The second-order valence-electron chi connectivity index (χ2n) is 3.83. The van der Waals surface area contributed by atoms with Crippen molar-refractivity contribution in [2.75, 3.05) is 7.11 Å². The fourth-order valence-electron chi connectivity index (χ4n) is 1.54. The molecule has 2 N–H and O–H groups in total. The van der Waals surface area contributed by atoms with Crippen LogP contribution in [0.25, 0.3) is 0 Å². The third-order valence-electron chi connectivity index (χ3n) is 2.49. The Bertz CT molecular complexity index is 470. The molecule has 1 heterocycles. The van der Waals surface area contributed by atoms with Crippen molar-refractivity contribution in [3.8, 4) is 5.75 Å². The predicted molar refractivity (Wildman–Crippen MR) is 62.6 cm³/mol. The summed E-state index contributed by atoms with van der Waals surface area (Å²) in [5.74, 6) is -1.84. The molecule has 0 spiro atoms. The number of carbonyl (C=O) groups excluding carboxylic acids is 1. The molecule has 6 nitrogen and oxygen atoms in total. The molecule has 0 amide bonds. The number of hydrogen-bond donors (Lipinski definition) is 2. The van der Waals surface area contributed by atoms with Gasteiger partial charge in [0.1, 0.15) is 5.56 Å². The third-order valence-corrected chi connectivity index (χ3v) is 2.49. The smallest absolute Gasteiger partial charge is 0.339 e. The summed E-state index contributed by atoms with van der Waals surface area (Å²) in [7, 11) is 1.31. The van der Waals surface area contributed by atoms with Gasteiger partial charge < -0.3 is 14.9 Å². The minimum Gasteiger partial charge on any atom is -0.505 e. The summed E-state index contributed by atoms with van der Waals surface area (Å²) >= 11 is 0. The number of carboxylic acids is 1. The number of hydrogen-bond acceptors (Lipinski definition) is 5. The van der Waals surface area contributed by atoms with Gasteiger partial charge in [-0.3, -0.25) is 9.78 Å². The van der Waals surface area contributed by atoms with Gasteiger partial charge in [-0.2, -0.15) is 0 Å². The van der Waals surface area contributed by atoms with Crippen LogP contribution in [0.15, 0.2) is 6.07 Å². The molecule has 0 radical (unpaired) electrons. The Kier molecular flexibility index (Phi) is 4.65. The van der Waals surface area contributed by atoms with Crippen LogP contribution in [0, 0.1) is 6.92 Å². The molecule has 0 unspecified atom stereocenters. The number of methoxy groups -OCH3 is 1. The first-order valence-corrected chi connectivity index (χ1v) is 5.45. The Hall–Kier alpha value is -2.11. The topological polar surface area (TPSA) is 96.7 Å². The second kappa shape index (κ2) is 6.00. The van der Waals surface area contributed by atoms with Crippen LogP contribution in [0.2, 0.25) is 0 Å². The Labute approximate surface area is 104 Å². The number of rotatable bonds is 5. The first-order chi connectivity index (χ1) is 8.45. The van der Waals surface area contributed by atoms with Crippen molar-refractivity contribution in [3.63, 3.8) is 0 Å². The molecule has 1 aromatic rings. The molecule has 0 aliphatic carbocycles. The molecule has 0 atom stereocenters. The molecule has 0 bridgehead atoms. The maximum atomic E-state index is 10.9. The zero-order chi connectivity index (χ0) is 13.7. The highest BCUT2D eigenvalue weighted by atomic mass is 16.5. The van der Waals surface area contributed by atoms with Gasteiger partial charge in [-0.05, 0) is 25.8 Å². The van der Waals surface area contributed by atoms with Crippen LogP contribution in [0.5, 0.6) is 5.75 Å². The van der Waals surface area contributed by atoms with Gasteiger partial charge in [-0.25, -0.2) is 4.79 Å². The Morgan fingerprint density at radius 2 is 2.11 bits per heavy atom. The summed E-state index contributed by atoms with van der Waals surface area (Å²) in [5, 5.41) is 18.4. The Morgan fingerprint density at radius 3 is 2.67 bits per heavy atom. The number of nitrogens with zero attached hydrogens (tertiary/aromatic N) is 1. The summed E-state index contributed by atoms with van der Waals surface area (Å²) in [6.07, 6.45) is 1.22. The SMILES string of the molecule is COC(=O)CCCc1cc(C(=O)O)c(O)c(C)n1. The largest absolute Gasteiger partial charge is 0.505 e. The lowest BCUT2D eigenvalue weighted by atomic mass is 10.1. The number of aromatic nitrogens is 1. The lowest BCUT2D eigenvalue weighted by molar-refractivity contribution is -0.140. The Balaban J connectivity index is 2.78. The van der Waals surface area contributed by atoms with Crippen molar-refractivity contribution in [2.45, 2.75) is 26.2 Å². The van der Waals surface area contributed by atoms with Crippen LogP contribution in [0.3, 0.4) is 0 Å². The van der Waals surface area contributed by atoms with E-state index in [1.165, 1.54) is 20.1 Å². The van der Waals surface area contributed by atoms with E-state index in [-0.39, 0.29) is 29.4 Å². The number of aromatic carboxylic acids is 1. The van der Waals surface area contributed by atoms with E-state index in [4.69, 9.17) is 5.11 Å². The van der Waals surface area contributed by atoms with Crippen LogP contribution in [-0.2, 0) is 16.0 Å². The molecule has 0 aromatic carbocycles. The van der Waals surface area contributed by atoms with Gasteiger partial charge >= 0.3 is 11.9 Å². The molecule has 6 heteroatoms. The number of pyridine rings is 1. The van der Waals surface area contributed by atoms with Crippen LogP contribution in [0.4, 0.5) is 0 Å². The highest BCUT2D eigenvalue weighted by Gasteiger charge is 2.14. The fourth-order valence-corrected chi connectivity index (χ4v) is 1.54. The lowest BCUT2D eigenvalue weighted by Gasteiger charge is -2.07. The first-order valence-electron chi connectivity index (χ1n) is 5.45. The number of ether oxygens (including phenoxy) is 1. The summed E-state index contributed by atoms with van der Waals surface area (Å²) in [6, 6.07) is 1.32. The van der Waals surface area contributed by atoms with E-state index >= 15 is 0 Å². The van der Waals surface area contributed by atoms with Crippen LogP contribution in [-0.4, -0.2) is 34.2 Å². The van der Waals surface area contributed by atoms with Crippen molar-refractivity contribution >= 4 is 11.9 Å². The molecule has 0 fully saturated rings. The van der Waals surface area contributed by atoms with Crippen molar-refractivity contribution in [1.29, 1.82) is 0 Å². The van der Waals surface area contributed by atoms with Crippen molar-refractivity contribution in [1.82, 2.24) is 4.98 Å². The number of esters is 1. The van der Waals surface area contributed by atoms with Gasteiger partial charge in [-0.15, -0.1) is 0 Å². The van der Waals surface area contributed by atoms with E-state index in [9.17, 15) is 14.7 Å². The molecular weight excluding hydrogens is 238 g/mol. The first kappa shape index (κ1) is 14.0. The highest BCUT2D eigenvalue weighted by Crippen LogP contribution is 2.22. The van der Waals surface area contributed by atoms with Crippen molar-refractivity contribution in [2.24, 2.45) is 0 Å². The summed E-state index contributed by atoms with van der Waals surface area (Å²) in [5.41, 5.74) is 0.630. The molecule has 0 saturated heterocycles. The predicted octanol–water partition coefficient (Wildman–Crippen LogP) is 1.29. The van der Waals surface area contributed by atoms with Gasteiger partial charge in [0.2, 0.25) is 0 Å². The average molecular weight is 253 g/mol. The second-order valence-corrected chi connectivity index (χ2v) is 3.83. The van der Waals surface area contributed by atoms with Crippen molar-refractivity contribution < 1.29 is 24.5 Å².